The van der Waals surface area contributed by atoms with Gasteiger partial charge in [-0.15, -0.1) is 0 Å². The van der Waals surface area contributed by atoms with E-state index in [2.05, 4.69) is 32.0 Å². The fraction of sp³-hybridized carbons (Fsp3) is 0.611. The summed E-state index contributed by atoms with van der Waals surface area (Å²) in [4.78, 5) is 13.5. The third-order valence-corrected chi connectivity index (χ3v) is 4.82. The average Bonchev–Trinajstić information content (AvgIpc) is 3.13. The highest BCUT2D eigenvalue weighted by atomic mass is 16.5. The van der Waals surface area contributed by atoms with E-state index in [0.717, 1.165) is 49.7 Å². The lowest BCUT2D eigenvalue weighted by molar-refractivity contribution is 0.161. The minimum atomic E-state index is 0.211. The Hall–Kier alpha value is -1.99. The molecule has 0 saturated carbocycles. The summed E-state index contributed by atoms with van der Waals surface area (Å²) >= 11 is 0. The van der Waals surface area contributed by atoms with E-state index >= 15 is 0 Å². The first-order valence-electron chi connectivity index (χ1n) is 8.94. The van der Waals surface area contributed by atoms with Crippen LogP contribution in [0.3, 0.4) is 0 Å². The molecule has 1 fully saturated rings. The molecule has 3 heterocycles. The second-order valence-electron chi connectivity index (χ2n) is 6.94. The molecular formula is C18H27N5O2. The van der Waals surface area contributed by atoms with Crippen LogP contribution < -0.4 is 4.90 Å². The van der Waals surface area contributed by atoms with E-state index < -0.39 is 0 Å². The fourth-order valence-corrected chi connectivity index (χ4v) is 3.19. The molecule has 0 aromatic carbocycles. The van der Waals surface area contributed by atoms with Crippen LogP contribution in [0.1, 0.15) is 38.4 Å². The minimum Gasteiger partial charge on any atom is -0.395 e. The van der Waals surface area contributed by atoms with Gasteiger partial charge in [-0.05, 0) is 32.0 Å². The number of aromatic nitrogens is 3. The van der Waals surface area contributed by atoms with Crippen molar-refractivity contribution >= 4 is 5.82 Å². The van der Waals surface area contributed by atoms with Crippen LogP contribution >= 0.6 is 0 Å². The molecule has 0 bridgehead atoms. The highest BCUT2D eigenvalue weighted by Crippen LogP contribution is 2.25. The Bertz CT molecular complexity index is 680. The Morgan fingerprint density at radius 3 is 2.76 bits per heavy atom. The van der Waals surface area contributed by atoms with Crippen LogP contribution in [0.25, 0.3) is 11.5 Å². The molecule has 0 aliphatic carbocycles. The number of piperidine rings is 1. The first-order valence-corrected chi connectivity index (χ1v) is 8.94. The number of hydrogen-bond donors (Lipinski definition) is 1. The van der Waals surface area contributed by atoms with Gasteiger partial charge in [-0.2, -0.15) is 4.98 Å². The van der Waals surface area contributed by atoms with Gasteiger partial charge < -0.3 is 19.4 Å². The van der Waals surface area contributed by atoms with E-state index in [9.17, 15) is 0 Å². The van der Waals surface area contributed by atoms with Gasteiger partial charge in [0.15, 0.2) is 5.82 Å². The summed E-state index contributed by atoms with van der Waals surface area (Å²) in [6.45, 7) is 6.95. The number of hydrogen-bond acceptors (Lipinski definition) is 7. The predicted octanol–water partition coefficient (Wildman–Crippen LogP) is 2.15. The van der Waals surface area contributed by atoms with E-state index in [1.807, 2.05) is 26.0 Å². The van der Waals surface area contributed by atoms with Crippen LogP contribution in [0.2, 0.25) is 0 Å². The van der Waals surface area contributed by atoms with Crippen LogP contribution in [0.15, 0.2) is 22.9 Å². The first kappa shape index (κ1) is 17.8. The summed E-state index contributed by atoms with van der Waals surface area (Å²) in [5.74, 6) is 2.46. The van der Waals surface area contributed by atoms with Gasteiger partial charge >= 0.3 is 0 Å². The summed E-state index contributed by atoms with van der Waals surface area (Å²) in [6.07, 6.45) is 3.94. The lowest BCUT2D eigenvalue weighted by atomic mass is 10.0. The smallest absolute Gasteiger partial charge is 0.258 e. The number of pyridine rings is 1. The van der Waals surface area contributed by atoms with Gasteiger partial charge in [0.1, 0.15) is 5.82 Å². The van der Waals surface area contributed by atoms with Gasteiger partial charge in [-0.1, -0.05) is 19.0 Å². The molecule has 1 saturated heterocycles. The van der Waals surface area contributed by atoms with Crippen molar-refractivity contribution in [3.63, 3.8) is 0 Å². The molecular weight excluding hydrogens is 318 g/mol. The molecule has 0 spiro atoms. The number of aliphatic hydroxyl groups is 1. The molecule has 1 aliphatic rings. The third kappa shape index (κ3) is 4.16. The highest BCUT2D eigenvalue weighted by molar-refractivity contribution is 5.58. The van der Waals surface area contributed by atoms with Crippen molar-refractivity contribution in [3.05, 3.63) is 24.2 Å². The van der Waals surface area contributed by atoms with Gasteiger partial charge in [0.05, 0.1) is 6.61 Å². The molecule has 3 rings (SSSR count). The molecule has 1 N–H and O–H groups in total. The van der Waals surface area contributed by atoms with E-state index in [1.165, 1.54) is 0 Å². The van der Waals surface area contributed by atoms with Crippen molar-refractivity contribution in [1.82, 2.24) is 20.0 Å². The van der Waals surface area contributed by atoms with Gasteiger partial charge in [0.25, 0.3) is 5.89 Å². The summed E-state index contributed by atoms with van der Waals surface area (Å²) in [7, 11) is 2.08. The van der Waals surface area contributed by atoms with Crippen molar-refractivity contribution in [2.45, 2.75) is 38.6 Å². The molecule has 25 heavy (non-hydrogen) atoms. The van der Waals surface area contributed by atoms with Crippen LogP contribution in [0, 0.1) is 0 Å². The summed E-state index contributed by atoms with van der Waals surface area (Å²) < 4.78 is 5.39. The molecule has 0 atom stereocenters. The van der Waals surface area contributed by atoms with Gasteiger partial charge in [0.2, 0.25) is 0 Å². The van der Waals surface area contributed by atoms with Crippen molar-refractivity contribution in [1.29, 1.82) is 0 Å². The Morgan fingerprint density at radius 1 is 1.36 bits per heavy atom. The Labute approximate surface area is 148 Å². The molecule has 7 nitrogen and oxygen atoms in total. The predicted molar refractivity (Wildman–Crippen MR) is 96.6 cm³/mol. The van der Waals surface area contributed by atoms with Gasteiger partial charge in [-0.25, -0.2) is 4.98 Å². The first-order chi connectivity index (χ1) is 12.1. The second kappa shape index (κ2) is 7.93. The lowest BCUT2D eigenvalue weighted by Gasteiger charge is -2.37. The fourth-order valence-electron chi connectivity index (χ4n) is 3.19. The van der Waals surface area contributed by atoms with Crippen molar-refractivity contribution < 1.29 is 9.63 Å². The topological polar surface area (TPSA) is 78.5 Å². The molecule has 1 aliphatic heterocycles. The molecule has 0 unspecified atom stereocenters. The number of anilines is 1. The SMILES string of the molecule is CC(C)c1noc(-c2ccnc(N3CCC(N(C)CCO)CC3)c2)n1. The zero-order valence-corrected chi connectivity index (χ0v) is 15.2. The Kier molecular flexibility index (Phi) is 5.65. The molecule has 2 aromatic rings. The van der Waals surface area contributed by atoms with Gasteiger partial charge in [0, 0.05) is 43.4 Å². The quantitative estimate of drug-likeness (QED) is 0.859. The third-order valence-electron chi connectivity index (χ3n) is 4.82. The monoisotopic (exact) mass is 345 g/mol. The number of rotatable bonds is 6. The van der Waals surface area contributed by atoms with E-state index in [0.29, 0.717) is 11.9 Å². The average molecular weight is 345 g/mol. The van der Waals surface area contributed by atoms with Crippen LogP contribution in [0.5, 0.6) is 0 Å². The second-order valence-corrected chi connectivity index (χ2v) is 6.94. The van der Waals surface area contributed by atoms with E-state index in [4.69, 9.17) is 9.63 Å². The zero-order valence-electron chi connectivity index (χ0n) is 15.2. The highest BCUT2D eigenvalue weighted by Gasteiger charge is 2.23. The Balaban J connectivity index is 1.68. The van der Waals surface area contributed by atoms with E-state index in [1.54, 1.807) is 6.20 Å². The van der Waals surface area contributed by atoms with Crippen molar-refractivity contribution in [2.24, 2.45) is 0 Å². The molecule has 136 valence electrons. The number of nitrogens with zero attached hydrogens (tertiary/aromatic N) is 5. The summed E-state index contributed by atoms with van der Waals surface area (Å²) in [5.41, 5.74) is 0.906. The van der Waals surface area contributed by atoms with Crippen molar-refractivity contribution in [2.75, 3.05) is 38.2 Å². The maximum atomic E-state index is 9.09. The summed E-state index contributed by atoms with van der Waals surface area (Å²) in [5, 5.41) is 13.1. The normalized spacial score (nSPS) is 16.2. The molecule has 0 radical (unpaired) electrons. The molecule has 0 amide bonds. The summed E-state index contributed by atoms with van der Waals surface area (Å²) in [6, 6.07) is 4.45. The number of aliphatic hydroxyl groups excluding tert-OH is 1. The largest absolute Gasteiger partial charge is 0.395 e. The lowest BCUT2D eigenvalue weighted by Crippen LogP contribution is -2.44. The van der Waals surface area contributed by atoms with E-state index in [-0.39, 0.29) is 12.5 Å². The maximum Gasteiger partial charge on any atom is 0.258 e. The van der Waals surface area contributed by atoms with Gasteiger partial charge in [-0.3, -0.25) is 0 Å². The van der Waals surface area contributed by atoms with Crippen LogP contribution in [-0.2, 0) is 0 Å². The van der Waals surface area contributed by atoms with Crippen molar-refractivity contribution in [3.8, 4) is 11.5 Å². The molecule has 7 heteroatoms. The van der Waals surface area contributed by atoms with Crippen LogP contribution in [0.4, 0.5) is 5.82 Å². The number of likely N-dealkylation sites (N-methyl/N-ethyl adjacent to an activating group) is 1. The standard InChI is InChI=1S/C18H27N5O2/c1-13(2)17-20-18(25-21-17)14-4-7-19-16(12-14)23-8-5-15(6-9-23)22(3)10-11-24/h4,7,12-13,15,24H,5-6,8-11H2,1-3H3. The van der Waals surface area contributed by atoms with Crippen LogP contribution in [-0.4, -0.2) is 64.5 Å². The maximum absolute atomic E-state index is 9.09. The molecule has 2 aromatic heterocycles. The minimum absolute atomic E-state index is 0.211. The zero-order chi connectivity index (χ0) is 17.8. The Morgan fingerprint density at radius 2 is 2.12 bits per heavy atom.